The molecule has 2 fully saturated rings. The van der Waals surface area contributed by atoms with Gasteiger partial charge in [-0.15, -0.1) is 0 Å². The summed E-state index contributed by atoms with van der Waals surface area (Å²) in [5.41, 5.74) is 0. The Labute approximate surface area is 177 Å². The fourth-order valence-electron chi connectivity index (χ4n) is 3.75. The first-order valence-corrected chi connectivity index (χ1v) is 14.5. The summed E-state index contributed by atoms with van der Waals surface area (Å²) < 4.78 is 81.2. The van der Waals surface area contributed by atoms with Crippen molar-refractivity contribution in [2.45, 2.75) is 41.2 Å². The van der Waals surface area contributed by atoms with Gasteiger partial charge < -0.3 is 4.74 Å². The summed E-state index contributed by atoms with van der Waals surface area (Å²) in [5, 5.41) is -1.07. The zero-order valence-corrected chi connectivity index (χ0v) is 19.0. The van der Waals surface area contributed by atoms with Crippen molar-refractivity contribution in [1.82, 2.24) is 4.31 Å². The lowest BCUT2D eigenvalue weighted by atomic mass is 9.98. The van der Waals surface area contributed by atoms with E-state index in [1.165, 1.54) is 22.5 Å². The lowest BCUT2D eigenvalue weighted by Gasteiger charge is -2.30. The van der Waals surface area contributed by atoms with E-state index < -0.39 is 40.7 Å². The standard InChI is InChI=1S/C18H25NO8S3/c1-2-27-18(20)14-6-9-19(10-7-14)30(25,26)16-5-3-4-15(12-16)29(23,24)17-8-11-28(21,22)13-17/h3-5,12,14,17H,2,6-11,13H2,1H3/t17-/m0/s1. The molecule has 168 valence electrons. The first-order chi connectivity index (χ1) is 14.0. The molecule has 0 unspecified atom stereocenters. The second-order valence-electron chi connectivity index (χ2n) is 7.48. The molecule has 30 heavy (non-hydrogen) atoms. The van der Waals surface area contributed by atoms with Crippen LogP contribution < -0.4 is 0 Å². The molecule has 2 aliphatic rings. The number of carbonyl (C=O) groups is 1. The van der Waals surface area contributed by atoms with Gasteiger partial charge in [0.05, 0.1) is 39.1 Å². The van der Waals surface area contributed by atoms with Crippen molar-refractivity contribution in [2.24, 2.45) is 5.92 Å². The first kappa shape index (κ1) is 23.2. The van der Waals surface area contributed by atoms with Crippen molar-refractivity contribution in [3.8, 4) is 0 Å². The number of piperidine rings is 1. The smallest absolute Gasteiger partial charge is 0.309 e. The van der Waals surface area contributed by atoms with Gasteiger partial charge in [-0.25, -0.2) is 25.3 Å². The zero-order chi connectivity index (χ0) is 22.2. The maximum Gasteiger partial charge on any atom is 0.309 e. The van der Waals surface area contributed by atoms with Crippen molar-refractivity contribution in [1.29, 1.82) is 0 Å². The lowest BCUT2D eigenvalue weighted by Crippen LogP contribution is -2.40. The second kappa shape index (κ2) is 8.56. The van der Waals surface area contributed by atoms with Gasteiger partial charge in [-0.3, -0.25) is 4.79 Å². The average Bonchev–Trinajstić information content (AvgIpc) is 3.09. The van der Waals surface area contributed by atoms with Crippen LogP contribution in [-0.4, -0.2) is 72.0 Å². The van der Waals surface area contributed by atoms with Gasteiger partial charge in [0.2, 0.25) is 10.0 Å². The minimum absolute atomic E-state index is 0.00299. The number of nitrogens with zero attached hydrogens (tertiary/aromatic N) is 1. The molecule has 0 bridgehead atoms. The van der Waals surface area contributed by atoms with Crippen LogP contribution in [0.5, 0.6) is 0 Å². The van der Waals surface area contributed by atoms with E-state index in [9.17, 15) is 30.0 Å². The second-order valence-corrected chi connectivity index (χ2v) is 13.9. The molecule has 1 atom stereocenters. The van der Waals surface area contributed by atoms with Gasteiger partial charge in [0, 0.05) is 13.1 Å². The van der Waals surface area contributed by atoms with Crippen molar-refractivity contribution >= 4 is 35.7 Å². The maximum atomic E-state index is 13.0. The van der Waals surface area contributed by atoms with Crippen LogP contribution in [0.3, 0.4) is 0 Å². The Morgan fingerprint density at radius 3 is 2.30 bits per heavy atom. The SMILES string of the molecule is CCOC(=O)C1CCN(S(=O)(=O)c2cccc(S(=O)(=O)[C@H]3CCS(=O)(=O)C3)c2)CC1. The van der Waals surface area contributed by atoms with E-state index in [2.05, 4.69) is 0 Å². The third-order valence-electron chi connectivity index (χ3n) is 5.48. The molecule has 2 heterocycles. The molecule has 0 radical (unpaired) electrons. The molecular formula is C18H25NO8S3. The molecule has 12 heteroatoms. The summed E-state index contributed by atoms with van der Waals surface area (Å²) in [7, 11) is -11.3. The molecule has 2 saturated heterocycles. The molecule has 3 rings (SSSR count). The average molecular weight is 480 g/mol. The Morgan fingerprint density at radius 1 is 1.10 bits per heavy atom. The largest absolute Gasteiger partial charge is 0.466 e. The Bertz CT molecular complexity index is 1120. The highest BCUT2D eigenvalue weighted by Crippen LogP contribution is 2.29. The third kappa shape index (κ3) is 4.71. The van der Waals surface area contributed by atoms with Crippen molar-refractivity contribution in [3.63, 3.8) is 0 Å². The summed E-state index contributed by atoms with van der Waals surface area (Å²) in [4.78, 5) is 11.5. The number of rotatable bonds is 6. The van der Waals surface area contributed by atoms with Crippen LogP contribution in [0.1, 0.15) is 26.2 Å². The molecule has 0 aliphatic carbocycles. The van der Waals surface area contributed by atoms with Gasteiger partial charge in [0.15, 0.2) is 19.7 Å². The van der Waals surface area contributed by atoms with Crippen molar-refractivity contribution in [3.05, 3.63) is 24.3 Å². The Kier molecular flexibility index (Phi) is 6.61. The summed E-state index contributed by atoms with van der Waals surface area (Å²) in [6.45, 7) is 2.23. The van der Waals surface area contributed by atoms with Crippen LogP contribution in [-0.2, 0) is 39.2 Å². The van der Waals surface area contributed by atoms with Gasteiger partial charge >= 0.3 is 5.97 Å². The molecule has 1 aromatic carbocycles. The van der Waals surface area contributed by atoms with Gasteiger partial charge in [-0.05, 0) is 44.4 Å². The summed E-state index contributed by atoms with van der Waals surface area (Å²) in [6, 6.07) is 5.03. The van der Waals surface area contributed by atoms with E-state index in [1.807, 2.05) is 0 Å². The molecule has 0 amide bonds. The topological polar surface area (TPSA) is 132 Å². The van der Waals surface area contributed by atoms with Crippen molar-refractivity contribution in [2.75, 3.05) is 31.2 Å². The number of sulfonamides is 1. The van der Waals surface area contributed by atoms with Crippen molar-refractivity contribution < 1.29 is 34.8 Å². The van der Waals surface area contributed by atoms with Gasteiger partial charge in [-0.2, -0.15) is 4.31 Å². The van der Waals surface area contributed by atoms with E-state index >= 15 is 0 Å². The minimum Gasteiger partial charge on any atom is -0.466 e. The highest BCUT2D eigenvalue weighted by Gasteiger charge is 2.39. The summed E-state index contributed by atoms with van der Waals surface area (Å²) >= 11 is 0. The normalized spacial score (nSPS) is 23.3. The van der Waals surface area contributed by atoms with Crippen LogP contribution in [0, 0.1) is 5.92 Å². The number of benzene rings is 1. The Hall–Kier alpha value is -1.50. The third-order valence-corrected chi connectivity index (χ3v) is 11.5. The van der Waals surface area contributed by atoms with E-state index in [1.54, 1.807) is 6.92 Å². The number of ether oxygens (including phenoxy) is 1. The highest BCUT2D eigenvalue weighted by atomic mass is 32.2. The van der Waals surface area contributed by atoms with Crippen LogP contribution in [0.4, 0.5) is 0 Å². The van der Waals surface area contributed by atoms with E-state index in [0.29, 0.717) is 12.8 Å². The predicted octanol–water partition coefficient (Wildman–Crippen LogP) is 0.611. The number of carbonyl (C=O) groups excluding carboxylic acids is 1. The number of sulfone groups is 2. The molecule has 0 spiro atoms. The zero-order valence-electron chi connectivity index (χ0n) is 16.6. The number of hydrogen-bond donors (Lipinski definition) is 0. The highest BCUT2D eigenvalue weighted by molar-refractivity contribution is 7.96. The monoisotopic (exact) mass is 479 g/mol. The first-order valence-electron chi connectivity index (χ1n) is 9.68. The molecule has 1 aromatic rings. The van der Waals surface area contributed by atoms with E-state index in [0.717, 1.165) is 6.07 Å². The van der Waals surface area contributed by atoms with Gasteiger partial charge in [-0.1, -0.05) is 6.07 Å². The molecule has 9 nitrogen and oxygen atoms in total. The molecule has 0 N–H and O–H groups in total. The molecule has 0 aromatic heterocycles. The fourth-order valence-corrected chi connectivity index (χ4v) is 9.75. The molecule has 0 saturated carbocycles. The number of esters is 1. The quantitative estimate of drug-likeness (QED) is 0.542. The van der Waals surface area contributed by atoms with Crippen LogP contribution in [0.15, 0.2) is 34.1 Å². The fraction of sp³-hybridized carbons (Fsp3) is 0.611. The van der Waals surface area contributed by atoms with E-state index in [-0.39, 0.29) is 53.5 Å². The Balaban J connectivity index is 1.79. The summed E-state index contributed by atoms with van der Waals surface area (Å²) in [5.74, 6) is -1.33. The van der Waals surface area contributed by atoms with E-state index in [4.69, 9.17) is 4.74 Å². The summed E-state index contributed by atoms with van der Waals surface area (Å²) in [6.07, 6.45) is 0.662. The number of hydrogen-bond acceptors (Lipinski definition) is 8. The van der Waals surface area contributed by atoms with Crippen LogP contribution >= 0.6 is 0 Å². The predicted molar refractivity (Wildman–Crippen MR) is 109 cm³/mol. The minimum atomic E-state index is -3.97. The van der Waals surface area contributed by atoms with Gasteiger partial charge in [0.1, 0.15) is 0 Å². The lowest BCUT2D eigenvalue weighted by molar-refractivity contribution is -0.149. The molecular weight excluding hydrogens is 454 g/mol. The molecule has 2 aliphatic heterocycles. The van der Waals surface area contributed by atoms with Crippen LogP contribution in [0.2, 0.25) is 0 Å². The van der Waals surface area contributed by atoms with Gasteiger partial charge in [0.25, 0.3) is 0 Å². The van der Waals surface area contributed by atoms with Crippen LogP contribution in [0.25, 0.3) is 0 Å². The maximum absolute atomic E-state index is 13.0. The Morgan fingerprint density at radius 2 is 1.73 bits per heavy atom.